The fourth-order valence-electron chi connectivity index (χ4n) is 8.18. The zero-order valence-corrected chi connectivity index (χ0v) is 37.6. The summed E-state index contributed by atoms with van der Waals surface area (Å²) in [6, 6.07) is 8.57. The second kappa shape index (κ2) is 20.5. The minimum atomic E-state index is -6.13. The molecule has 1 N–H and O–H groups in total. The van der Waals surface area contributed by atoms with Crippen molar-refractivity contribution < 1.29 is 115 Å². The Morgan fingerprint density at radius 3 is 0.896 bits per heavy atom. The van der Waals surface area contributed by atoms with E-state index in [9.17, 15) is 110 Å². The minimum absolute atomic E-state index is 0.266. The van der Waals surface area contributed by atoms with E-state index in [4.69, 9.17) is 0 Å². The van der Waals surface area contributed by atoms with Crippen LogP contribution >= 0.6 is 0 Å². The largest absolute Gasteiger partial charge is 0.508 e. The van der Waals surface area contributed by atoms with Gasteiger partial charge >= 0.3 is 49.4 Å². The first-order valence-corrected chi connectivity index (χ1v) is 21.1. The fourth-order valence-corrected chi connectivity index (χ4v) is 8.18. The highest BCUT2D eigenvalue weighted by Crippen LogP contribution is 2.41. The lowest BCUT2D eigenvalue weighted by molar-refractivity contribution is -0.688. The summed E-state index contributed by atoms with van der Waals surface area (Å²) >= 11 is 0. The summed E-state index contributed by atoms with van der Waals surface area (Å²) in [6.45, 7) is 0.814. The third-order valence-electron chi connectivity index (χ3n) is 11.6. The molecule has 0 aliphatic heterocycles. The van der Waals surface area contributed by atoms with Crippen LogP contribution in [-0.4, -0.2) is 16.2 Å². The maximum atomic E-state index is 14.2. The summed E-state index contributed by atoms with van der Waals surface area (Å²) in [5.74, 6) is 0.266. The van der Waals surface area contributed by atoms with Crippen LogP contribution in [0.5, 0.6) is 5.75 Å². The number of alkyl halides is 24. The molecule has 7 aromatic rings. The maximum absolute atomic E-state index is 14.2. The number of phenolic OH excluding ortho intramolecular Hbond substituents is 1. The van der Waals surface area contributed by atoms with Gasteiger partial charge in [-0.15, -0.1) is 0 Å². The third-order valence-corrected chi connectivity index (χ3v) is 11.6. The standard InChI is InChI=1S/C32H12BF24.C17H14N2O/c34-25(35,36)13-1-14(26(37,38)39)6-21(5-13)33(22-7-15(27(40,41)42)2-16(8-22)28(43,44)45,23-9-17(29(46,47)48)3-18(10-23)30(49,50)51)24-11-19(31(52,53)54)4-20(12-24)32(55,56)57;20-16-8-6-15(7-9-16)17-13-19(11-10-18-17)12-14-4-2-1-3-5-14/h1-12H;1-11,13H,12H2/q-1;/p+1. The molecular formula is C49H27BF24N2O. The molecule has 1 aromatic heterocycles. The van der Waals surface area contributed by atoms with Crippen LogP contribution in [0, 0.1) is 0 Å². The number of nitrogens with zero attached hydrogens (tertiary/aromatic N) is 2. The molecule has 6 aromatic carbocycles. The molecule has 0 aliphatic carbocycles. The van der Waals surface area contributed by atoms with Gasteiger partial charge in [0.25, 0.3) is 0 Å². The first-order valence-electron chi connectivity index (χ1n) is 21.1. The van der Waals surface area contributed by atoms with E-state index in [-0.39, 0.29) is 5.75 Å². The molecule has 7 rings (SSSR count). The quantitative estimate of drug-likeness (QED) is 0.0981. The van der Waals surface area contributed by atoms with E-state index in [1.807, 2.05) is 42.7 Å². The number of benzene rings is 6. The highest BCUT2D eigenvalue weighted by molar-refractivity contribution is 7.20. The maximum Gasteiger partial charge on any atom is 0.416 e. The number of hydrogen-bond donors (Lipinski definition) is 1. The molecule has 0 saturated heterocycles. The van der Waals surface area contributed by atoms with Crippen molar-refractivity contribution >= 4 is 28.0 Å². The zero-order valence-electron chi connectivity index (χ0n) is 37.6. The van der Waals surface area contributed by atoms with Crippen LogP contribution in [0.4, 0.5) is 105 Å². The van der Waals surface area contributed by atoms with Crippen molar-refractivity contribution in [1.82, 2.24) is 4.98 Å². The van der Waals surface area contributed by atoms with Gasteiger partial charge < -0.3 is 5.11 Å². The van der Waals surface area contributed by atoms with Crippen LogP contribution in [0.2, 0.25) is 0 Å². The van der Waals surface area contributed by atoms with Crippen LogP contribution in [0.25, 0.3) is 11.3 Å². The van der Waals surface area contributed by atoms with Crippen molar-refractivity contribution in [3.63, 3.8) is 0 Å². The molecule has 0 atom stereocenters. The highest BCUT2D eigenvalue weighted by atomic mass is 19.4. The topological polar surface area (TPSA) is 37.0 Å². The third kappa shape index (κ3) is 13.8. The van der Waals surface area contributed by atoms with Gasteiger partial charge in [-0.05, 0) is 48.5 Å². The van der Waals surface area contributed by atoms with E-state index in [2.05, 4.69) is 21.7 Å². The van der Waals surface area contributed by atoms with E-state index in [0.717, 1.165) is 17.8 Å². The van der Waals surface area contributed by atoms with Gasteiger partial charge in [-0.2, -0.15) is 132 Å². The van der Waals surface area contributed by atoms with Crippen molar-refractivity contribution in [2.75, 3.05) is 0 Å². The smallest absolute Gasteiger partial charge is 0.416 e. The molecule has 0 fully saturated rings. The molecule has 410 valence electrons. The molecule has 28 heteroatoms. The van der Waals surface area contributed by atoms with Crippen LogP contribution in [-0.2, 0) is 56.0 Å². The van der Waals surface area contributed by atoms with Gasteiger partial charge in [0.2, 0.25) is 0 Å². The highest BCUT2D eigenvalue weighted by Gasteiger charge is 2.47. The van der Waals surface area contributed by atoms with E-state index in [1.165, 1.54) is 5.56 Å². The lowest BCUT2D eigenvalue weighted by atomic mass is 9.12. The summed E-state index contributed by atoms with van der Waals surface area (Å²) < 4.78 is 343. The van der Waals surface area contributed by atoms with Crippen LogP contribution in [0.15, 0.2) is 146 Å². The van der Waals surface area contributed by atoms with Crippen molar-refractivity contribution in [2.45, 2.75) is 56.0 Å². The summed E-state index contributed by atoms with van der Waals surface area (Å²) in [5, 5.41) is 9.33. The molecule has 0 radical (unpaired) electrons. The Morgan fingerprint density at radius 2 is 0.636 bits per heavy atom. The Hall–Kier alpha value is -7.42. The Morgan fingerprint density at radius 1 is 0.364 bits per heavy atom. The first kappa shape index (κ1) is 58.8. The lowest BCUT2D eigenvalue weighted by Gasteiger charge is -2.46. The predicted octanol–water partition coefficient (Wildman–Crippen LogP) is 14.0. The van der Waals surface area contributed by atoms with Gasteiger partial charge in [-0.1, -0.05) is 78.9 Å². The zero-order chi connectivity index (χ0) is 57.7. The van der Waals surface area contributed by atoms with E-state index < -0.39 is 195 Å². The predicted molar refractivity (Wildman–Crippen MR) is 227 cm³/mol. The van der Waals surface area contributed by atoms with Crippen molar-refractivity contribution in [3.05, 3.63) is 196 Å². The minimum Gasteiger partial charge on any atom is -0.508 e. The number of halogens is 24. The van der Waals surface area contributed by atoms with Gasteiger partial charge in [0, 0.05) is 11.1 Å². The Balaban J connectivity index is 0.000000397. The molecule has 0 amide bonds. The van der Waals surface area contributed by atoms with Crippen LogP contribution < -0.4 is 26.4 Å². The molecule has 1 heterocycles. The fraction of sp³-hybridized carbons (Fsp3) is 0.184. The Kier molecular flexibility index (Phi) is 15.7. The molecule has 0 saturated carbocycles. The van der Waals surface area contributed by atoms with Crippen molar-refractivity contribution in [1.29, 1.82) is 0 Å². The average molecular weight is 1130 g/mol. The SMILES string of the molecule is FC(F)(F)c1cc([B-](c2cc(C(F)(F)F)cc(C(F)(F)F)c2)(c2cc(C(F)(F)F)cc(C(F)(F)F)c2)c2cc(C(F)(F)F)cc(C(F)(F)F)c2)cc(C(F)(F)F)c1.Oc1ccc(-c2c[n+](Cc3ccccc3)ccn2)cc1. The Labute approximate surface area is 416 Å². The van der Waals surface area contributed by atoms with Crippen molar-refractivity contribution in [3.8, 4) is 17.0 Å². The molecule has 0 unspecified atom stereocenters. The Bertz CT molecular complexity index is 2790. The molecule has 77 heavy (non-hydrogen) atoms. The second-order valence-electron chi connectivity index (χ2n) is 16.9. The number of phenols is 1. The number of rotatable bonds is 7. The summed E-state index contributed by atoms with van der Waals surface area (Å²) in [5.41, 5.74) is -27.1. The lowest BCUT2D eigenvalue weighted by Crippen LogP contribution is -2.75. The molecule has 0 aliphatic rings. The molecule has 3 nitrogen and oxygen atoms in total. The van der Waals surface area contributed by atoms with Gasteiger partial charge in [0.1, 0.15) is 17.6 Å². The monoisotopic (exact) mass is 1130 g/mol. The van der Waals surface area contributed by atoms with Gasteiger partial charge in [-0.25, -0.2) is 4.98 Å². The second-order valence-corrected chi connectivity index (χ2v) is 16.9. The first-order chi connectivity index (χ1) is 35.1. The summed E-state index contributed by atoms with van der Waals surface area (Å²) in [7, 11) is 0. The van der Waals surface area contributed by atoms with E-state index in [1.54, 1.807) is 18.3 Å². The van der Waals surface area contributed by atoms with E-state index in [0.29, 0.717) is 0 Å². The average Bonchev–Trinajstić information content (AvgIpc) is 3.30. The normalized spacial score (nSPS) is 13.3. The van der Waals surface area contributed by atoms with Gasteiger partial charge in [0.05, 0.1) is 50.7 Å². The molecule has 0 bridgehead atoms. The number of hydrogen-bond acceptors (Lipinski definition) is 2. The van der Waals surface area contributed by atoms with Crippen molar-refractivity contribution in [2.24, 2.45) is 0 Å². The van der Waals surface area contributed by atoms with Crippen LogP contribution in [0.1, 0.15) is 50.1 Å². The van der Waals surface area contributed by atoms with Gasteiger partial charge in [0.15, 0.2) is 18.9 Å². The summed E-state index contributed by atoms with van der Waals surface area (Å²) in [4.78, 5) is 4.38. The summed E-state index contributed by atoms with van der Waals surface area (Å²) in [6.07, 6.45) is -49.0. The molecular weight excluding hydrogens is 1100 g/mol. The molecule has 0 spiro atoms. The van der Waals surface area contributed by atoms with E-state index >= 15 is 0 Å². The number of aromatic nitrogens is 2. The van der Waals surface area contributed by atoms with Crippen LogP contribution in [0.3, 0.4) is 0 Å². The number of aromatic hydroxyl groups is 1. The van der Waals surface area contributed by atoms with Gasteiger partial charge in [-0.3, -0.25) is 0 Å².